The Balaban J connectivity index is 1.55. The lowest BCUT2D eigenvalue weighted by atomic mass is 9.83. The number of carboxylic acids is 1. The Morgan fingerprint density at radius 3 is 2.65 bits per heavy atom. The van der Waals surface area contributed by atoms with E-state index < -0.39 is 11.9 Å². The molecule has 0 fully saturated rings. The number of tetrazole rings is 1. The van der Waals surface area contributed by atoms with Crippen molar-refractivity contribution in [2.75, 3.05) is 0 Å². The number of aryl methyl sites for hydroxylation is 1. The Morgan fingerprint density at radius 2 is 1.97 bits per heavy atom. The summed E-state index contributed by atoms with van der Waals surface area (Å²) in [5.74, 6) is -1.23. The minimum atomic E-state index is -0.818. The molecule has 1 aromatic heterocycles. The molecule has 0 radical (unpaired) electrons. The zero-order valence-corrected chi connectivity index (χ0v) is 17.8. The SMILES string of the molecule is CCC[C@H](C(=O)O)[C@H](Cc1ccc(-c2ccc3c(c2)CCC(N)C3)cc1)c1nn[nH]n1. The fourth-order valence-corrected chi connectivity index (χ4v) is 4.60. The molecule has 1 aliphatic carbocycles. The number of hydrogen-bond donors (Lipinski definition) is 3. The van der Waals surface area contributed by atoms with Crippen molar-refractivity contribution in [1.29, 1.82) is 0 Å². The van der Waals surface area contributed by atoms with Crippen LogP contribution in [0.2, 0.25) is 0 Å². The Hall–Kier alpha value is -3.06. The largest absolute Gasteiger partial charge is 0.481 e. The summed E-state index contributed by atoms with van der Waals surface area (Å²) in [5.41, 5.74) is 12.3. The highest BCUT2D eigenvalue weighted by Gasteiger charge is 2.32. The molecule has 0 saturated heterocycles. The Bertz CT molecular complexity index is 1020. The fraction of sp³-hybridized carbons (Fsp3) is 0.417. The second-order valence-corrected chi connectivity index (χ2v) is 8.50. The van der Waals surface area contributed by atoms with Gasteiger partial charge in [-0.3, -0.25) is 4.79 Å². The van der Waals surface area contributed by atoms with Crippen LogP contribution in [0.3, 0.4) is 0 Å². The number of carbonyl (C=O) groups is 1. The van der Waals surface area contributed by atoms with E-state index in [4.69, 9.17) is 5.73 Å². The van der Waals surface area contributed by atoms with Crippen LogP contribution in [-0.4, -0.2) is 37.7 Å². The molecule has 4 rings (SSSR count). The van der Waals surface area contributed by atoms with Crippen LogP contribution in [0.4, 0.5) is 0 Å². The fourth-order valence-electron chi connectivity index (χ4n) is 4.60. The molecule has 0 spiro atoms. The smallest absolute Gasteiger partial charge is 0.307 e. The lowest BCUT2D eigenvalue weighted by molar-refractivity contribution is -0.142. The number of H-pyrrole nitrogens is 1. The summed E-state index contributed by atoms with van der Waals surface area (Å²) in [5, 5.41) is 24.0. The highest BCUT2D eigenvalue weighted by atomic mass is 16.4. The maximum absolute atomic E-state index is 11.9. The van der Waals surface area contributed by atoms with E-state index in [9.17, 15) is 9.90 Å². The number of nitrogens with one attached hydrogen (secondary N) is 1. The quantitative estimate of drug-likeness (QED) is 0.514. The van der Waals surface area contributed by atoms with Gasteiger partial charge in [-0.2, -0.15) is 5.21 Å². The predicted octanol–water partition coefficient (Wildman–Crippen LogP) is 3.51. The van der Waals surface area contributed by atoms with Gasteiger partial charge in [0.15, 0.2) is 5.82 Å². The van der Waals surface area contributed by atoms with Crippen molar-refractivity contribution in [3.05, 3.63) is 65.0 Å². The van der Waals surface area contributed by atoms with E-state index in [2.05, 4.69) is 63.1 Å². The van der Waals surface area contributed by atoms with E-state index in [1.807, 2.05) is 6.92 Å². The third-order valence-corrected chi connectivity index (χ3v) is 6.31. The number of rotatable bonds is 8. The van der Waals surface area contributed by atoms with Crippen LogP contribution in [0.15, 0.2) is 42.5 Å². The molecule has 3 atom stereocenters. The molecule has 4 N–H and O–H groups in total. The predicted molar refractivity (Wildman–Crippen MR) is 119 cm³/mol. The molecule has 1 heterocycles. The monoisotopic (exact) mass is 419 g/mol. The van der Waals surface area contributed by atoms with Gasteiger partial charge in [0.25, 0.3) is 0 Å². The highest BCUT2D eigenvalue weighted by molar-refractivity contribution is 5.71. The minimum absolute atomic E-state index is 0.270. The first-order chi connectivity index (χ1) is 15.0. The van der Waals surface area contributed by atoms with Gasteiger partial charge in [0.1, 0.15) is 0 Å². The maximum atomic E-state index is 11.9. The van der Waals surface area contributed by atoms with Crippen LogP contribution in [0, 0.1) is 5.92 Å². The van der Waals surface area contributed by atoms with E-state index in [1.165, 1.54) is 16.7 Å². The van der Waals surface area contributed by atoms with Crippen molar-refractivity contribution in [3.63, 3.8) is 0 Å². The van der Waals surface area contributed by atoms with Crippen molar-refractivity contribution in [2.24, 2.45) is 11.7 Å². The van der Waals surface area contributed by atoms with Crippen LogP contribution in [0.5, 0.6) is 0 Å². The lowest BCUT2D eigenvalue weighted by Crippen LogP contribution is -2.27. The molecule has 7 nitrogen and oxygen atoms in total. The van der Waals surface area contributed by atoms with Crippen molar-refractivity contribution in [1.82, 2.24) is 20.6 Å². The average Bonchev–Trinajstić information content (AvgIpc) is 3.31. The van der Waals surface area contributed by atoms with E-state index in [-0.39, 0.29) is 12.0 Å². The molecule has 3 aromatic rings. The zero-order valence-electron chi connectivity index (χ0n) is 17.8. The molecule has 0 amide bonds. The molecule has 2 aromatic carbocycles. The molecule has 0 bridgehead atoms. The first-order valence-corrected chi connectivity index (χ1v) is 11.0. The Morgan fingerprint density at radius 1 is 1.19 bits per heavy atom. The van der Waals surface area contributed by atoms with Gasteiger partial charge >= 0.3 is 5.97 Å². The normalized spacial score (nSPS) is 17.7. The van der Waals surface area contributed by atoms with Gasteiger partial charge in [0, 0.05) is 12.0 Å². The summed E-state index contributed by atoms with van der Waals surface area (Å²) in [6.45, 7) is 1.99. The van der Waals surface area contributed by atoms with Gasteiger partial charge in [0.2, 0.25) is 0 Å². The van der Waals surface area contributed by atoms with Gasteiger partial charge in [-0.1, -0.05) is 61.0 Å². The number of aliphatic carboxylic acids is 1. The molecule has 1 aliphatic rings. The first-order valence-electron chi connectivity index (χ1n) is 11.0. The number of nitrogens with zero attached hydrogens (tertiary/aromatic N) is 3. The Labute approximate surface area is 182 Å². The molecule has 31 heavy (non-hydrogen) atoms. The summed E-state index contributed by atoms with van der Waals surface area (Å²) < 4.78 is 0. The summed E-state index contributed by atoms with van der Waals surface area (Å²) in [7, 11) is 0. The van der Waals surface area contributed by atoms with Gasteiger partial charge in [-0.25, -0.2) is 0 Å². The third-order valence-electron chi connectivity index (χ3n) is 6.31. The van der Waals surface area contributed by atoms with Crippen LogP contribution >= 0.6 is 0 Å². The molecule has 0 saturated carbocycles. The van der Waals surface area contributed by atoms with E-state index in [1.54, 1.807) is 0 Å². The summed E-state index contributed by atoms with van der Waals surface area (Å²) in [6.07, 6.45) is 4.93. The topological polar surface area (TPSA) is 118 Å². The number of aromatic nitrogens is 4. The summed E-state index contributed by atoms with van der Waals surface area (Å²) in [6, 6.07) is 15.3. The van der Waals surface area contributed by atoms with Crippen molar-refractivity contribution in [2.45, 2.75) is 57.4 Å². The van der Waals surface area contributed by atoms with Gasteiger partial charge in [-0.05, 0) is 59.9 Å². The number of benzene rings is 2. The number of nitrogens with two attached hydrogens (primary N) is 1. The number of aromatic amines is 1. The lowest BCUT2D eigenvalue weighted by Gasteiger charge is -2.22. The minimum Gasteiger partial charge on any atom is -0.481 e. The second-order valence-electron chi connectivity index (χ2n) is 8.50. The second kappa shape index (κ2) is 9.39. The molecular formula is C24H29N5O2. The van der Waals surface area contributed by atoms with Gasteiger partial charge < -0.3 is 10.8 Å². The zero-order chi connectivity index (χ0) is 21.8. The molecule has 162 valence electrons. The van der Waals surface area contributed by atoms with Gasteiger partial charge in [-0.15, -0.1) is 10.2 Å². The van der Waals surface area contributed by atoms with Crippen molar-refractivity contribution < 1.29 is 9.90 Å². The summed E-state index contributed by atoms with van der Waals surface area (Å²) >= 11 is 0. The molecule has 0 aliphatic heterocycles. The maximum Gasteiger partial charge on any atom is 0.307 e. The summed E-state index contributed by atoms with van der Waals surface area (Å²) in [4.78, 5) is 11.9. The molecule has 7 heteroatoms. The van der Waals surface area contributed by atoms with E-state index in [0.29, 0.717) is 18.7 Å². The van der Waals surface area contributed by atoms with Gasteiger partial charge in [0.05, 0.1) is 5.92 Å². The van der Waals surface area contributed by atoms with Crippen LogP contribution < -0.4 is 5.73 Å². The van der Waals surface area contributed by atoms with Crippen molar-refractivity contribution >= 4 is 5.97 Å². The first kappa shape index (κ1) is 21.2. The van der Waals surface area contributed by atoms with Crippen LogP contribution in [0.25, 0.3) is 11.1 Å². The number of fused-ring (bicyclic) bond motifs is 1. The van der Waals surface area contributed by atoms with E-state index in [0.717, 1.165) is 36.8 Å². The Kier molecular flexibility index (Phi) is 6.42. The van der Waals surface area contributed by atoms with E-state index >= 15 is 0 Å². The molecular weight excluding hydrogens is 390 g/mol. The van der Waals surface area contributed by atoms with Crippen molar-refractivity contribution in [3.8, 4) is 11.1 Å². The third kappa shape index (κ3) is 4.82. The number of hydrogen-bond acceptors (Lipinski definition) is 5. The average molecular weight is 420 g/mol. The highest BCUT2D eigenvalue weighted by Crippen LogP contribution is 2.31. The number of carboxylic acid groups (broad SMARTS) is 1. The molecule has 1 unspecified atom stereocenters. The van der Waals surface area contributed by atoms with Crippen LogP contribution in [-0.2, 0) is 24.1 Å². The standard InChI is InChI=1S/C24H29N5O2/c1-2-3-21(24(30)31)22(23-26-28-29-27-23)12-15-4-6-16(7-5-15)17-8-9-19-14-20(25)11-10-18(19)13-17/h4-9,13,20-22H,2-3,10-12,14,25H2,1H3,(H,30,31)(H,26,27,28,29)/t20?,21-,22-/m0/s1. The van der Waals surface area contributed by atoms with Crippen LogP contribution in [0.1, 0.15) is 54.6 Å².